The van der Waals surface area contributed by atoms with Gasteiger partial charge in [-0.2, -0.15) is 5.10 Å². The SMILES string of the molecule is CC(C)CCOc1ccc(/C=N/Nc2nc3ccccc3s2)cc1. The van der Waals surface area contributed by atoms with Gasteiger partial charge in [0.25, 0.3) is 0 Å². The molecule has 0 saturated carbocycles. The van der Waals surface area contributed by atoms with Crippen molar-refractivity contribution in [1.29, 1.82) is 0 Å². The van der Waals surface area contributed by atoms with Gasteiger partial charge < -0.3 is 4.74 Å². The molecule has 1 N–H and O–H groups in total. The van der Waals surface area contributed by atoms with Gasteiger partial charge >= 0.3 is 0 Å². The van der Waals surface area contributed by atoms with Crippen LogP contribution in [0.1, 0.15) is 25.8 Å². The average Bonchev–Trinajstić information content (AvgIpc) is 2.99. The van der Waals surface area contributed by atoms with Crippen LogP contribution in [0, 0.1) is 5.92 Å². The van der Waals surface area contributed by atoms with Crippen molar-refractivity contribution in [2.45, 2.75) is 20.3 Å². The Balaban J connectivity index is 1.54. The lowest BCUT2D eigenvalue weighted by atomic mass is 10.1. The summed E-state index contributed by atoms with van der Waals surface area (Å²) in [6, 6.07) is 16.0. The fourth-order valence-electron chi connectivity index (χ4n) is 2.14. The van der Waals surface area contributed by atoms with Crippen LogP contribution in [0.15, 0.2) is 53.6 Å². The molecule has 0 unspecified atom stereocenters. The summed E-state index contributed by atoms with van der Waals surface area (Å²) < 4.78 is 6.86. The minimum atomic E-state index is 0.657. The predicted molar refractivity (Wildman–Crippen MR) is 102 cm³/mol. The van der Waals surface area contributed by atoms with Crippen LogP contribution in [0.4, 0.5) is 5.13 Å². The third-order valence-electron chi connectivity index (χ3n) is 3.51. The normalized spacial score (nSPS) is 11.5. The van der Waals surface area contributed by atoms with E-state index in [0.29, 0.717) is 5.92 Å². The maximum Gasteiger partial charge on any atom is 0.204 e. The number of ether oxygens (including phenoxy) is 1. The van der Waals surface area contributed by atoms with Crippen molar-refractivity contribution in [2.24, 2.45) is 11.0 Å². The quantitative estimate of drug-likeness (QED) is 0.477. The van der Waals surface area contributed by atoms with Crippen molar-refractivity contribution in [2.75, 3.05) is 12.0 Å². The maximum absolute atomic E-state index is 5.71. The molecule has 3 rings (SSSR count). The summed E-state index contributed by atoms with van der Waals surface area (Å²) in [7, 11) is 0. The second-order valence-electron chi connectivity index (χ2n) is 5.96. The highest BCUT2D eigenvalue weighted by Gasteiger charge is 2.01. The number of hydrogen-bond donors (Lipinski definition) is 1. The molecule has 1 aromatic heterocycles. The first-order chi connectivity index (χ1) is 11.7. The Hall–Kier alpha value is -2.40. The summed E-state index contributed by atoms with van der Waals surface area (Å²) in [5.74, 6) is 1.55. The third kappa shape index (κ3) is 4.55. The lowest BCUT2D eigenvalue weighted by Gasteiger charge is -2.07. The van der Waals surface area contributed by atoms with Gasteiger partial charge in [-0.15, -0.1) is 0 Å². The Kier molecular flexibility index (Phi) is 5.43. The van der Waals surface area contributed by atoms with Crippen LogP contribution >= 0.6 is 11.3 Å². The Morgan fingerprint density at radius 2 is 1.96 bits per heavy atom. The van der Waals surface area contributed by atoms with Crippen molar-refractivity contribution in [3.8, 4) is 5.75 Å². The minimum Gasteiger partial charge on any atom is -0.494 e. The molecule has 0 bridgehead atoms. The highest BCUT2D eigenvalue weighted by atomic mass is 32.1. The zero-order valence-electron chi connectivity index (χ0n) is 13.9. The van der Waals surface area contributed by atoms with Crippen molar-refractivity contribution < 1.29 is 4.74 Å². The smallest absolute Gasteiger partial charge is 0.204 e. The summed E-state index contributed by atoms with van der Waals surface area (Å²) in [6.07, 6.45) is 2.85. The van der Waals surface area contributed by atoms with Crippen molar-refractivity contribution in [3.05, 3.63) is 54.1 Å². The second-order valence-corrected chi connectivity index (χ2v) is 6.99. The third-order valence-corrected chi connectivity index (χ3v) is 4.45. The number of nitrogens with zero attached hydrogens (tertiary/aromatic N) is 2. The van der Waals surface area contributed by atoms with Gasteiger partial charge in [0.1, 0.15) is 5.75 Å². The maximum atomic E-state index is 5.71. The summed E-state index contributed by atoms with van der Waals surface area (Å²) in [6.45, 7) is 5.15. The molecule has 0 aliphatic heterocycles. The zero-order valence-corrected chi connectivity index (χ0v) is 14.7. The standard InChI is InChI=1S/C19H21N3OS/c1-14(2)11-12-23-16-9-7-15(8-10-16)13-20-22-19-21-17-5-3-4-6-18(17)24-19/h3-10,13-14H,11-12H2,1-2H3,(H,21,22)/b20-13+. The van der Waals surface area contributed by atoms with Crippen molar-refractivity contribution >= 4 is 32.9 Å². The van der Waals surface area contributed by atoms with Gasteiger partial charge in [0.05, 0.1) is 23.0 Å². The first kappa shape index (κ1) is 16.5. The summed E-state index contributed by atoms with van der Waals surface area (Å²) in [5.41, 5.74) is 4.99. The van der Waals surface area contributed by atoms with Crippen LogP contribution < -0.4 is 10.2 Å². The second kappa shape index (κ2) is 7.93. The van der Waals surface area contributed by atoms with Crippen LogP contribution in [-0.2, 0) is 0 Å². The van der Waals surface area contributed by atoms with Crippen LogP contribution in [-0.4, -0.2) is 17.8 Å². The molecule has 0 atom stereocenters. The van der Waals surface area contributed by atoms with Crippen LogP contribution in [0.3, 0.4) is 0 Å². The first-order valence-corrected chi connectivity index (χ1v) is 8.90. The van der Waals surface area contributed by atoms with Gasteiger partial charge in [-0.05, 0) is 54.3 Å². The van der Waals surface area contributed by atoms with Crippen molar-refractivity contribution in [3.63, 3.8) is 0 Å². The van der Waals surface area contributed by atoms with E-state index >= 15 is 0 Å². The van der Waals surface area contributed by atoms with E-state index in [9.17, 15) is 0 Å². The van der Waals surface area contributed by atoms with Gasteiger partial charge in [-0.3, -0.25) is 5.43 Å². The van der Waals surface area contributed by atoms with Gasteiger partial charge in [0.2, 0.25) is 5.13 Å². The number of thiazole rings is 1. The molecule has 3 aromatic rings. The van der Waals surface area contributed by atoms with E-state index in [-0.39, 0.29) is 0 Å². The molecule has 0 amide bonds. The number of aromatic nitrogens is 1. The molecule has 0 aliphatic rings. The van der Waals surface area contributed by atoms with E-state index in [0.717, 1.165) is 39.7 Å². The van der Waals surface area contributed by atoms with Crippen LogP contribution in [0.25, 0.3) is 10.2 Å². The molecule has 0 spiro atoms. The molecular weight excluding hydrogens is 318 g/mol. The highest BCUT2D eigenvalue weighted by Crippen LogP contribution is 2.25. The Labute approximate surface area is 146 Å². The molecule has 2 aromatic carbocycles. The number of para-hydroxylation sites is 1. The molecule has 124 valence electrons. The van der Waals surface area contributed by atoms with Gasteiger partial charge in [0.15, 0.2) is 0 Å². The van der Waals surface area contributed by atoms with E-state index in [4.69, 9.17) is 4.74 Å². The van der Waals surface area contributed by atoms with E-state index in [2.05, 4.69) is 35.4 Å². The van der Waals surface area contributed by atoms with Crippen LogP contribution in [0.2, 0.25) is 0 Å². The number of hydrogen-bond acceptors (Lipinski definition) is 5. The Morgan fingerprint density at radius 3 is 2.71 bits per heavy atom. The summed E-state index contributed by atoms with van der Waals surface area (Å²) >= 11 is 1.59. The lowest BCUT2D eigenvalue weighted by Crippen LogP contribution is -2.01. The topological polar surface area (TPSA) is 46.5 Å². The van der Waals surface area contributed by atoms with E-state index < -0.39 is 0 Å². The average molecular weight is 339 g/mol. The molecule has 4 nitrogen and oxygen atoms in total. The van der Waals surface area contributed by atoms with Gasteiger partial charge in [-0.25, -0.2) is 4.98 Å². The number of hydrazone groups is 1. The van der Waals surface area contributed by atoms with E-state index in [1.54, 1.807) is 17.6 Å². The highest BCUT2D eigenvalue weighted by molar-refractivity contribution is 7.22. The molecule has 0 saturated heterocycles. The largest absolute Gasteiger partial charge is 0.494 e. The number of nitrogens with one attached hydrogen (secondary N) is 1. The fourth-order valence-corrected chi connectivity index (χ4v) is 2.96. The molecule has 5 heteroatoms. The number of anilines is 1. The fraction of sp³-hybridized carbons (Fsp3) is 0.263. The lowest BCUT2D eigenvalue weighted by molar-refractivity contribution is 0.289. The number of benzene rings is 2. The van der Waals surface area contributed by atoms with Crippen LogP contribution in [0.5, 0.6) is 5.75 Å². The Morgan fingerprint density at radius 1 is 1.17 bits per heavy atom. The monoisotopic (exact) mass is 339 g/mol. The molecule has 0 aliphatic carbocycles. The van der Waals surface area contributed by atoms with E-state index in [1.165, 1.54) is 0 Å². The number of rotatable bonds is 7. The van der Waals surface area contributed by atoms with E-state index in [1.807, 2.05) is 42.5 Å². The minimum absolute atomic E-state index is 0.657. The first-order valence-electron chi connectivity index (χ1n) is 8.08. The van der Waals surface area contributed by atoms with Crippen molar-refractivity contribution in [1.82, 2.24) is 4.98 Å². The summed E-state index contributed by atoms with van der Waals surface area (Å²) in [5, 5.41) is 5.05. The molecule has 0 radical (unpaired) electrons. The molecule has 1 heterocycles. The number of fused-ring (bicyclic) bond motifs is 1. The Bertz CT molecular complexity index is 776. The predicted octanol–water partition coefficient (Wildman–Crippen LogP) is 5.17. The molecule has 0 fully saturated rings. The summed E-state index contributed by atoms with van der Waals surface area (Å²) in [4.78, 5) is 4.48. The molecule has 24 heavy (non-hydrogen) atoms. The van der Waals surface area contributed by atoms with Gasteiger partial charge in [0, 0.05) is 0 Å². The van der Waals surface area contributed by atoms with Gasteiger partial charge in [-0.1, -0.05) is 37.3 Å². The zero-order chi connectivity index (χ0) is 16.8. The molecular formula is C19H21N3OS.